The van der Waals surface area contributed by atoms with Crippen molar-refractivity contribution in [1.29, 1.82) is 0 Å². The molecule has 6 nitrogen and oxygen atoms in total. The highest BCUT2D eigenvalue weighted by atomic mass is 16.6. The third-order valence-corrected chi connectivity index (χ3v) is 1.70. The van der Waals surface area contributed by atoms with Crippen LogP contribution in [0.25, 0.3) is 0 Å². The van der Waals surface area contributed by atoms with Crippen LogP contribution in [0.4, 0.5) is 5.69 Å². The van der Waals surface area contributed by atoms with Gasteiger partial charge in [-0.25, -0.2) is 0 Å². The Morgan fingerprint density at radius 2 is 2.33 bits per heavy atom. The van der Waals surface area contributed by atoms with E-state index in [9.17, 15) is 14.9 Å². The molecule has 0 saturated carbocycles. The first kappa shape index (κ1) is 11.3. The van der Waals surface area contributed by atoms with Crippen LogP contribution in [0.5, 0.6) is 0 Å². The molecule has 80 valence electrons. The van der Waals surface area contributed by atoms with Gasteiger partial charge in [0.05, 0.1) is 11.3 Å². The zero-order valence-electron chi connectivity index (χ0n) is 8.17. The standard InChI is InChI=1S/C9H10N2O4/c1-15-6-9(12)4-7-2-3-8(5-10-7)11(13)14/h2-3,5H,4,6H2,1H3. The number of rotatable bonds is 5. The first-order valence-electron chi connectivity index (χ1n) is 4.23. The smallest absolute Gasteiger partial charge is 0.287 e. The molecule has 0 fully saturated rings. The second kappa shape index (κ2) is 5.16. The average Bonchev–Trinajstić information content (AvgIpc) is 2.18. The monoisotopic (exact) mass is 210 g/mol. The topological polar surface area (TPSA) is 82.3 Å². The minimum absolute atomic E-state index is 0.0265. The van der Waals surface area contributed by atoms with E-state index in [1.54, 1.807) is 0 Å². The van der Waals surface area contributed by atoms with E-state index in [0.29, 0.717) is 5.69 Å². The third-order valence-electron chi connectivity index (χ3n) is 1.70. The van der Waals surface area contributed by atoms with Crippen molar-refractivity contribution >= 4 is 11.5 Å². The van der Waals surface area contributed by atoms with Crippen molar-refractivity contribution in [2.45, 2.75) is 6.42 Å². The van der Waals surface area contributed by atoms with Gasteiger partial charge >= 0.3 is 0 Å². The summed E-state index contributed by atoms with van der Waals surface area (Å²) in [7, 11) is 1.43. The molecular weight excluding hydrogens is 200 g/mol. The van der Waals surface area contributed by atoms with E-state index >= 15 is 0 Å². The molecule has 1 aromatic heterocycles. The fraction of sp³-hybridized carbons (Fsp3) is 0.333. The number of ketones is 1. The van der Waals surface area contributed by atoms with Gasteiger partial charge in [0, 0.05) is 18.9 Å². The quantitative estimate of drug-likeness (QED) is 0.529. The number of nitro groups is 1. The maximum atomic E-state index is 11.1. The van der Waals surface area contributed by atoms with Crippen LogP contribution in [0.1, 0.15) is 5.69 Å². The van der Waals surface area contributed by atoms with Crippen LogP contribution in [0.15, 0.2) is 18.3 Å². The van der Waals surface area contributed by atoms with Crippen LogP contribution in [0.2, 0.25) is 0 Å². The summed E-state index contributed by atoms with van der Waals surface area (Å²) >= 11 is 0. The zero-order valence-corrected chi connectivity index (χ0v) is 8.17. The molecule has 1 rings (SSSR count). The van der Waals surface area contributed by atoms with Gasteiger partial charge in [-0.05, 0) is 6.07 Å². The van der Waals surface area contributed by atoms with Crippen LogP contribution in [-0.2, 0) is 16.0 Å². The molecule has 0 radical (unpaired) electrons. The predicted molar refractivity (Wildman–Crippen MR) is 51.5 cm³/mol. The Balaban J connectivity index is 2.64. The molecule has 15 heavy (non-hydrogen) atoms. The lowest BCUT2D eigenvalue weighted by atomic mass is 10.2. The predicted octanol–water partition coefficient (Wildman–Crippen LogP) is 0.748. The van der Waals surface area contributed by atoms with Crippen LogP contribution < -0.4 is 0 Å². The van der Waals surface area contributed by atoms with Crippen molar-refractivity contribution < 1.29 is 14.5 Å². The molecule has 0 spiro atoms. The molecule has 0 aliphatic rings. The summed E-state index contributed by atoms with van der Waals surface area (Å²) in [6.07, 6.45) is 1.27. The molecule has 0 aromatic carbocycles. The maximum Gasteiger partial charge on any atom is 0.287 e. The fourth-order valence-electron chi connectivity index (χ4n) is 1.04. The summed E-state index contributed by atoms with van der Waals surface area (Å²) in [6.45, 7) is 0.0265. The number of carbonyl (C=O) groups is 1. The molecule has 0 atom stereocenters. The molecule has 0 N–H and O–H groups in total. The van der Waals surface area contributed by atoms with Crippen molar-refractivity contribution in [3.8, 4) is 0 Å². The van der Waals surface area contributed by atoms with Crippen molar-refractivity contribution in [2.75, 3.05) is 13.7 Å². The summed E-state index contributed by atoms with van der Waals surface area (Å²) in [6, 6.07) is 2.79. The first-order valence-corrected chi connectivity index (χ1v) is 4.23. The Labute approximate surface area is 86.0 Å². The largest absolute Gasteiger partial charge is 0.377 e. The van der Waals surface area contributed by atoms with Crippen molar-refractivity contribution in [2.24, 2.45) is 0 Å². The Bertz CT molecular complexity index is 361. The van der Waals surface area contributed by atoms with E-state index in [0.717, 1.165) is 6.20 Å². The second-order valence-corrected chi connectivity index (χ2v) is 2.91. The van der Waals surface area contributed by atoms with Crippen molar-refractivity contribution in [1.82, 2.24) is 4.98 Å². The Morgan fingerprint density at radius 3 is 2.80 bits per heavy atom. The van der Waals surface area contributed by atoms with Crippen molar-refractivity contribution in [3.63, 3.8) is 0 Å². The molecule has 0 aliphatic heterocycles. The molecule has 0 aliphatic carbocycles. The summed E-state index contributed by atoms with van der Waals surface area (Å²) in [4.78, 5) is 24.7. The number of carbonyl (C=O) groups excluding carboxylic acids is 1. The van der Waals surface area contributed by atoms with Gasteiger partial charge in [-0.15, -0.1) is 0 Å². The van der Waals surface area contributed by atoms with Gasteiger partial charge in [0.2, 0.25) is 0 Å². The molecule has 1 aromatic rings. The number of ether oxygens (including phenoxy) is 1. The molecule has 0 bridgehead atoms. The van der Waals surface area contributed by atoms with Crippen molar-refractivity contribution in [3.05, 3.63) is 34.1 Å². The zero-order chi connectivity index (χ0) is 11.3. The maximum absolute atomic E-state index is 11.1. The van der Waals surface area contributed by atoms with E-state index in [-0.39, 0.29) is 24.5 Å². The normalized spacial score (nSPS) is 9.93. The summed E-state index contributed by atoms with van der Waals surface area (Å²) in [5.74, 6) is -0.112. The van der Waals surface area contributed by atoms with E-state index in [4.69, 9.17) is 0 Å². The number of aromatic nitrogens is 1. The number of nitrogens with zero attached hydrogens (tertiary/aromatic N) is 2. The first-order chi connectivity index (χ1) is 7.13. The van der Waals surface area contributed by atoms with Crippen LogP contribution in [0, 0.1) is 10.1 Å². The Kier molecular flexibility index (Phi) is 3.87. The van der Waals surface area contributed by atoms with Gasteiger partial charge in [0.15, 0.2) is 5.78 Å². The highest BCUT2D eigenvalue weighted by Gasteiger charge is 2.08. The van der Waals surface area contributed by atoms with Crippen LogP contribution in [-0.4, -0.2) is 29.4 Å². The molecule has 0 unspecified atom stereocenters. The summed E-state index contributed by atoms with van der Waals surface area (Å²) < 4.78 is 4.65. The van der Waals surface area contributed by atoms with E-state index in [2.05, 4.69) is 9.72 Å². The number of hydrogen-bond acceptors (Lipinski definition) is 5. The highest BCUT2D eigenvalue weighted by molar-refractivity contribution is 5.81. The van der Waals surface area contributed by atoms with Crippen LogP contribution in [0.3, 0.4) is 0 Å². The number of hydrogen-bond donors (Lipinski definition) is 0. The molecular formula is C9H10N2O4. The molecule has 1 heterocycles. The van der Waals surface area contributed by atoms with Gasteiger partial charge in [0.1, 0.15) is 12.8 Å². The van der Waals surface area contributed by atoms with E-state index in [1.807, 2.05) is 0 Å². The number of Topliss-reactive ketones (excluding diaryl/α,β-unsaturated/α-hetero) is 1. The van der Waals surface area contributed by atoms with Gasteiger partial charge in [-0.1, -0.05) is 0 Å². The van der Waals surface area contributed by atoms with Gasteiger partial charge in [-0.2, -0.15) is 0 Å². The minimum Gasteiger partial charge on any atom is -0.377 e. The highest BCUT2D eigenvalue weighted by Crippen LogP contribution is 2.09. The Morgan fingerprint density at radius 1 is 1.60 bits per heavy atom. The fourth-order valence-corrected chi connectivity index (χ4v) is 1.04. The summed E-state index contributed by atoms with van der Waals surface area (Å²) in [5, 5.41) is 10.3. The average molecular weight is 210 g/mol. The lowest BCUT2D eigenvalue weighted by Gasteiger charge is -1.98. The number of methoxy groups -OCH3 is 1. The van der Waals surface area contributed by atoms with Gasteiger partial charge < -0.3 is 4.74 Å². The van der Waals surface area contributed by atoms with E-state index in [1.165, 1.54) is 19.2 Å². The molecule has 0 saturated heterocycles. The van der Waals surface area contributed by atoms with Gasteiger partial charge in [-0.3, -0.25) is 19.9 Å². The SMILES string of the molecule is COCC(=O)Cc1ccc([N+](=O)[O-])cn1. The van der Waals surface area contributed by atoms with Gasteiger partial charge in [0.25, 0.3) is 5.69 Å². The third kappa shape index (κ3) is 3.43. The van der Waals surface area contributed by atoms with E-state index < -0.39 is 4.92 Å². The molecule has 0 amide bonds. The lowest BCUT2D eigenvalue weighted by Crippen LogP contribution is -2.10. The Hall–Kier alpha value is -1.82. The number of pyridine rings is 1. The summed E-state index contributed by atoms with van der Waals surface area (Å²) in [5.41, 5.74) is 0.417. The minimum atomic E-state index is -0.534. The van der Waals surface area contributed by atoms with Crippen LogP contribution >= 0.6 is 0 Å². The molecule has 6 heteroatoms. The lowest BCUT2D eigenvalue weighted by molar-refractivity contribution is -0.385. The second-order valence-electron chi connectivity index (χ2n) is 2.91.